The summed E-state index contributed by atoms with van der Waals surface area (Å²) in [5.41, 5.74) is 3.97. The van der Waals surface area contributed by atoms with Crippen molar-refractivity contribution in [1.29, 1.82) is 0 Å². The molecule has 0 fully saturated rings. The summed E-state index contributed by atoms with van der Waals surface area (Å²) in [5, 5.41) is 2.84. The molecular formula is C12H15F3N2O. The number of anilines is 1. The van der Waals surface area contributed by atoms with E-state index < -0.39 is 23.2 Å². The monoisotopic (exact) mass is 260 g/mol. The Balaban J connectivity index is 2.90. The van der Waals surface area contributed by atoms with E-state index in [2.05, 4.69) is 5.32 Å². The van der Waals surface area contributed by atoms with Crippen LogP contribution in [-0.4, -0.2) is 11.4 Å². The highest BCUT2D eigenvalue weighted by molar-refractivity contribution is 5.87. The van der Waals surface area contributed by atoms with Gasteiger partial charge in [-0.05, 0) is 37.6 Å². The van der Waals surface area contributed by atoms with Crippen LogP contribution in [0, 0.1) is 0 Å². The highest BCUT2D eigenvalue weighted by atomic mass is 19.4. The van der Waals surface area contributed by atoms with Crippen LogP contribution >= 0.6 is 0 Å². The molecule has 18 heavy (non-hydrogen) atoms. The molecule has 0 aliphatic carbocycles. The fourth-order valence-corrected chi connectivity index (χ4v) is 1.39. The highest BCUT2D eigenvalue weighted by Crippen LogP contribution is 2.30. The average Bonchev–Trinajstić information content (AvgIpc) is 2.28. The molecule has 0 saturated carbocycles. The predicted octanol–water partition coefficient (Wildman–Crippen LogP) is 2.77. The van der Waals surface area contributed by atoms with Crippen LogP contribution in [0.4, 0.5) is 18.9 Å². The van der Waals surface area contributed by atoms with E-state index in [4.69, 9.17) is 5.73 Å². The fourth-order valence-electron chi connectivity index (χ4n) is 1.39. The summed E-state index contributed by atoms with van der Waals surface area (Å²) in [4.78, 5) is 11.3. The number of nitrogens with two attached hydrogens (primary N) is 1. The number of primary amides is 1. The first-order valence-electron chi connectivity index (χ1n) is 5.44. The fraction of sp³-hybridized carbons (Fsp3) is 0.417. The summed E-state index contributed by atoms with van der Waals surface area (Å²) in [6, 6.07) is 4.47. The molecule has 0 aliphatic rings. The number of hydrogen-bond donors (Lipinski definition) is 2. The summed E-state index contributed by atoms with van der Waals surface area (Å²) < 4.78 is 37.1. The first kappa shape index (κ1) is 14.3. The van der Waals surface area contributed by atoms with Gasteiger partial charge in [-0.25, -0.2) is 0 Å². The molecule has 0 aromatic heterocycles. The zero-order valence-electron chi connectivity index (χ0n) is 10.1. The van der Waals surface area contributed by atoms with Gasteiger partial charge in [0.2, 0.25) is 5.91 Å². The summed E-state index contributed by atoms with van der Waals surface area (Å²) in [7, 11) is 0. The Labute approximate surface area is 103 Å². The van der Waals surface area contributed by atoms with Crippen LogP contribution in [0.1, 0.15) is 25.8 Å². The van der Waals surface area contributed by atoms with Gasteiger partial charge in [0.15, 0.2) is 0 Å². The van der Waals surface area contributed by atoms with Crippen molar-refractivity contribution >= 4 is 11.6 Å². The van der Waals surface area contributed by atoms with Crippen molar-refractivity contribution < 1.29 is 18.0 Å². The van der Waals surface area contributed by atoms with Gasteiger partial charge in [0.25, 0.3) is 0 Å². The molecule has 0 heterocycles. The van der Waals surface area contributed by atoms with Gasteiger partial charge in [-0.3, -0.25) is 4.79 Å². The molecule has 0 radical (unpaired) electrons. The molecule has 1 rings (SSSR count). The second-order valence-electron chi connectivity index (χ2n) is 4.25. The van der Waals surface area contributed by atoms with Gasteiger partial charge in [0, 0.05) is 5.69 Å². The lowest BCUT2D eigenvalue weighted by Gasteiger charge is -2.27. The summed E-state index contributed by atoms with van der Waals surface area (Å²) in [6.07, 6.45) is -3.93. The van der Waals surface area contributed by atoms with Crippen LogP contribution in [-0.2, 0) is 11.0 Å². The van der Waals surface area contributed by atoms with E-state index in [0.29, 0.717) is 12.1 Å². The third-order valence-corrected chi connectivity index (χ3v) is 2.88. The maximum absolute atomic E-state index is 12.4. The lowest BCUT2D eigenvalue weighted by molar-refractivity contribution is -0.137. The molecule has 100 valence electrons. The second kappa shape index (κ2) is 4.88. The Morgan fingerprint density at radius 1 is 1.28 bits per heavy atom. The van der Waals surface area contributed by atoms with E-state index in [1.165, 1.54) is 12.1 Å². The van der Waals surface area contributed by atoms with Gasteiger partial charge in [-0.2, -0.15) is 13.2 Å². The van der Waals surface area contributed by atoms with Crippen LogP contribution in [0.5, 0.6) is 0 Å². The van der Waals surface area contributed by atoms with E-state index in [-0.39, 0.29) is 0 Å². The lowest BCUT2D eigenvalue weighted by Crippen LogP contribution is -2.47. The Morgan fingerprint density at radius 3 is 2.11 bits per heavy atom. The molecular weight excluding hydrogens is 245 g/mol. The standard InChI is InChI=1S/C12H15F3N2O/c1-3-11(2,10(16)18)17-9-6-4-8(5-7-9)12(13,14)15/h4-7,17H,3H2,1-2H3,(H2,16,18). The van der Waals surface area contributed by atoms with E-state index in [9.17, 15) is 18.0 Å². The Bertz CT molecular complexity index is 428. The molecule has 1 aromatic carbocycles. The SMILES string of the molecule is CCC(C)(Nc1ccc(C(F)(F)F)cc1)C(N)=O. The number of carbonyl (C=O) groups is 1. The van der Waals surface area contributed by atoms with Crippen LogP contribution in [0.15, 0.2) is 24.3 Å². The van der Waals surface area contributed by atoms with E-state index in [1.807, 2.05) is 0 Å². The van der Waals surface area contributed by atoms with Crippen molar-refractivity contribution in [1.82, 2.24) is 0 Å². The maximum atomic E-state index is 12.4. The topological polar surface area (TPSA) is 55.1 Å². The number of halogens is 3. The summed E-state index contributed by atoms with van der Waals surface area (Å²) in [6.45, 7) is 3.37. The van der Waals surface area contributed by atoms with Gasteiger partial charge in [-0.1, -0.05) is 6.92 Å². The molecule has 6 heteroatoms. The second-order valence-corrected chi connectivity index (χ2v) is 4.25. The quantitative estimate of drug-likeness (QED) is 0.874. The zero-order chi connectivity index (χ0) is 14.0. The third kappa shape index (κ3) is 3.15. The summed E-state index contributed by atoms with van der Waals surface area (Å²) >= 11 is 0. The summed E-state index contributed by atoms with van der Waals surface area (Å²) in [5.74, 6) is -0.551. The Kier molecular flexibility index (Phi) is 3.88. The molecule has 0 bridgehead atoms. The highest BCUT2D eigenvalue weighted by Gasteiger charge is 2.31. The van der Waals surface area contributed by atoms with Gasteiger partial charge >= 0.3 is 6.18 Å². The number of carbonyl (C=O) groups excluding carboxylic acids is 1. The first-order chi connectivity index (χ1) is 8.19. The zero-order valence-corrected chi connectivity index (χ0v) is 10.1. The van der Waals surface area contributed by atoms with Crippen LogP contribution in [0.3, 0.4) is 0 Å². The number of amides is 1. The smallest absolute Gasteiger partial charge is 0.371 e. The molecule has 1 unspecified atom stereocenters. The largest absolute Gasteiger partial charge is 0.416 e. The number of alkyl halides is 3. The van der Waals surface area contributed by atoms with Crippen molar-refractivity contribution in [3.05, 3.63) is 29.8 Å². The number of nitrogens with one attached hydrogen (secondary N) is 1. The molecule has 3 nitrogen and oxygen atoms in total. The third-order valence-electron chi connectivity index (χ3n) is 2.88. The number of hydrogen-bond acceptors (Lipinski definition) is 2. The van der Waals surface area contributed by atoms with Crippen molar-refractivity contribution in [3.8, 4) is 0 Å². The minimum atomic E-state index is -4.36. The van der Waals surface area contributed by atoms with E-state index in [0.717, 1.165) is 12.1 Å². The number of benzene rings is 1. The van der Waals surface area contributed by atoms with Gasteiger partial charge in [0.05, 0.1) is 5.56 Å². The Morgan fingerprint density at radius 2 is 1.78 bits per heavy atom. The minimum absolute atomic E-state index is 0.422. The predicted molar refractivity (Wildman–Crippen MR) is 63.0 cm³/mol. The van der Waals surface area contributed by atoms with Crippen molar-refractivity contribution in [2.75, 3.05) is 5.32 Å². The first-order valence-corrected chi connectivity index (χ1v) is 5.44. The van der Waals surface area contributed by atoms with E-state index in [1.54, 1.807) is 13.8 Å². The van der Waals surface area contributed by atoms with Crippen LogP contribution in [0.2, 0.25) is 0 Å². The minimum Gasteiger partial charge on any atom is -0.371 e. The lowest BCUT2D eigenvalue weighted by atomic mass is 9.97. The van der Waals surface area contributed by atoms with Crippen LogP contribution in [0.25, 0.3) is 0 Å². The van der Waals surface area contributed by atoms with Crippen LogP contribution < -0.4 is 11.1 Å². The van der Waals surface area contributed by atoms with Crippen molar-refractivity contribution in [2.45, 2.75) is 32.0 Å². The molecule has 0 spiro atoms. The molecule has 0 aliphatic heterocycles. The van der Waals surface area contributed by atoms with Gasteiger partial charge in [-0.15, -0.1) is 0 Å². The molecule has 3 N–H and O–H groups in total. The molecule has 1 aromatic rings. The molecule has 1 atom stereocenters. The average molecular weight is 260 g/mol. The van der Waals surface area contributed by atoms with Crippen molar-refractivity contribution in [3.63, 3.8) is 0 Å². The number of rotatable bonds is 4. The molecule has 0 saturated heterocycles. The maximum Gasteiger partial charge on any atom is 0.416 e. The normalized spacial score (nSPS) is 14.9. The molecule has 1 amide bonds. The van der Waals surface area contributed by atoms with E-state index >= 15 is 0 Å². The van der Waals surface area contributed by atoms with Gasteiger partial charge in [0.1, 0.15) is 5.54 Å². The Hall–Kier alpha value is -1.72. The van der Waals surface area contributed by atoms with Crippen molar-refractivity contribution in [2.24, 2.45) is 5.73 Å². The van der Waals surface area contributed by atoms with Gasteiger partial charge < -0.3 is 11.1 Å².